The maximum absolute atomic E-state index is 13.9. The first-order valence-electron chi connectivity index (χ1n) is 18.8. The van der Waals surface area contributed by atoms with Crippen LogP contribution in [0.3, 0.4) is 0 Å². The number of carbonyl (C=O) groups excluding carboxylic acids is 1. The summed E-state index contributed by atoms with van der Waals surface area (Å²) in [4.78, 5) is 95.9. The fraction of sp³-hybridized carbons (Fsp3) is 0.0930. The first-order valence-corrected chi connectivity index (χ1v) is 18.8. The molecule has 307 valence electrons. The number of aromatic amines is 1. The molecule has 0 unspecified atom stereocenters. The maximum atomic E-state index is 13.9. The number of benzene rings is 4. The number of H-pyrrole nitrogens is 1. The van der Waals surface area contributed by atoms with Crippen LogP contribution in [0.5, 0.6) is 0 Å². The van der Waals surface area contributed by atoms with Crippen LogP contribution in [0.2, 0.25) is 0 Å². The molecule has 0 atom stereocenters. The van der Waals surface area contributed by atoms with Gasteiger partial charge in [-0.3, -0.25) is 4.79 Å². The van der Waals surface area contributed by atoms with Crippen LogP contribution in [0.15, 0.2) is 85.3 Å². The fourth-order valence-corrected chi connectivity index (χ4v) is 7.45. The number of hydrogen-bond acceptors (Lipinski definition) is 11. The number of imidazole rings is 1. The topological polar surface area (TPSA) is 275 Å². The second kappa shape index (κ2) is 15.5. The Balaban J connectivity index is 0.00000272. The predicted molar refractivity (Wildman–Crippen MR) is 221 cm³/mol. The van der Waals surface area contributed by atoms with E-state index in [2.05, 4.69) is 20.3 Å². The number of rotatable bonds is 9. The van der Waals surface area contributed by atoms with E-state index < -0.39 is 17.9 Å². The van der Waals surface area contributed by atoms with Gasteiger partial charge in [-0.05, 0) is 83.3 Å². The number of unbranched alkanes of at least 4 members (excludes halogenated alkanes) is 1. The fourth-order valence-electron chi connectivity index (χ4n) is 7.45. The van der Waals surface area contributed by atoms with Crippen molar-refractivity contribution in [2.24, 2.45) is 0 Å². The largest absolute Gasteiger partial charge is 2.00 e. The Hall–Kier alpha value is -8.16. The van der Waals surface area contributed by atoms with E-state index in [0.29, 0.717) is 56.8 Å². The molecule has 1 amide bonds. The molecular formula is C43H29CoN11O7. The van der Waals surface area contributed by atoms with Crippen molar-refractivity contribution in [2.75, 3.05) is 6.54 Å². The van der Waals surface area contributed by atoms with Crippen molar-refractivity contribution in [3.63, 3.8) is 0 Å². The van der Waals surface area contributed by atoms with Gasteiger partial charge in [0.2, 0.25) is 0 Å². The number of aryl methyl sites for hydroxylation is 1. The van der Waals surface area contributed by atoms with Gasteiger partial charge in [-0.25, -0.2) is 29.3 Å². The van der Waals surface area contributed by atoms with Crippen molar-refractivity contribution in [3.05, 3.63) is 113 Å². The molecule has 4 aromatic carbocycles. The Labute approximate surface area is 359 Å². The summed E-state index contributed by atoms with van der Waals surface area (Å²) >= 11 is 0. The van der Waals surface area contributed by atoms with Crippen LogP contribution in [0, 0.1) is 0 Å². The van der Waals surface area contributed by atoms with Crippen molar-refractivity contribution < 1.29 is 52.7 Å². The molecule has 2 aliphatic rings. The molecule has 8 bridgehead atoms. The summed E-state index contributed by atoms with van der Waals surface area (Å²) in [6, 6.07) is 18.2. The molecule has 0 spiro atoms. The number of nitrogens with one attached hydrogen (secondary N) is 2. The van der Waals surface area contributed by atoms with Crippen LogP contribution in [-0.4, -0.2) is 85.6 Å². The zero-order valence-electron chi connectivity index (χ0n) is 31.7. The van der Waals surface area contributed by atoms with E-state index in [9.17, 15) is 34.5 Å². The summed E-state index contributed by atoms with van der Waals surface area (Å²) in [6.45, 7) is 0.386. The van der Waals surface area contributed by atoms with Gasteiger partial charge in [-0.2, -0.15) is 0 Å². The average molecular weight is 871 g/mol. The first kappa shape index (κ1) is 39.3. The van der Waals surface area contributed by atoms with Crippen molar-refractivity contribution >= 4 is 67.9 Å². The summed E-state index contributed by atoms with van der Waals surface area (Å²) in [5.41, 5.74) is 2.91. The monoisotopic (exact) mass is 870 g/mol. The molecule has 19 heteroatoms. The zero-order chi connectivity index (χ0) is 41.9. The number of carbonyl (C=O) groups is 4. The van der Waals surface area contributed by atoms with Gasteiger partial charge in [0.15, 0.2) is 0 Å². The molecule has 8 aromatic rings. The van der Waals surface area contributed by atoms with E-state index in [0.717, 1.165) is 18.5 Å². The second-order valence-electron chi connectivity index (χ2n) is 14.2. The Morgan fingerprint density at radius 1 is 0.597 bits per heavy atom. The van der Waals surface area contributed by atoms with Gasteiger partial charge in [0.05, 0.1) is 52.0 Å². The molecule has 5 N–H and O–H groups in total. The second-order valence-corrected chi connectivity index (χ2v) is 14.2. The van der Waals surface area contributed by atoms with Crippen LogP contribution >= 0.6 is 0 Å². The Morgan fingerprint density at radius 2 is 1.15 bits per heavy atom. The number of aromatic carboxylic acids is 3. The number of carboxylic acid groups (broad SMARTS) is 3. The summed E-state index contributed by atoms with van der Waals surface area (Å²) in [5.74, 6) is -3.60. The van der Waals surface area contributed by atoms with E-state index in [1.54, 1.807) is 36.7 Å². The molecule has 0 aliphatic carbocycles. The third-order valence-electron chi connectivity index (χ3n) is 10.4. The normalized spacial score (nSPS) is 11.5. The first-order chi connectivity index (χ1) is 29.6. The standard InChI is InChI=1S/C43H29N11O7.Co.H2/c55-40(45-13-2-1-4-22-17-44-18-46-22)27-6-3-5-26-31(27)39-53-34-25-12-9-21(43(60)61)16-30(25)38(51-34)52-37-29-15-20(42(58)59)8-11-24(29)33(50-37)49-36-28-14-19(41(56)57)7-10-23(28)32(48-36)47-35(26)54-39;;/h3,5-12,14-18H,1-2,4,13H2,(H7,44,45,46,47,48,49,50,51,52,53,54,55,56,57,58,59,60,61);;1H/q;+2;/p-2. The van der Waals surface area contributed by atoms with Gasteiger partial charge < -0.3 is 55.5 Å². The molecule has 18 nitrogen and oxygen atoms in total. The van der Waals surface area contributed by atoms with Crippen LogP contribution in [0.25, 0.3) is 89.7 Å². The summed E-state index contributed by atoms with van der Waals surface area (Å²) in [5, 5.41) is 34.2. The summed E-state index contributed by atoms with van der Waals surface area (Å²) < 4.78 is 0. The van der Waals surface area contributed by atoms with E-state index in [1.165, 1.54) is 42.5 Å². The average Bonchev–Trinajstić information content (AvgIpc) is 4.09. The SMILES string of the molecule is O=C(O)c1ccc2c(c1)-c1nc-2nc2[n-]c(nc3nc(nc4[n-]c(n1)c1cc(C(=O)O)ccc41)-c1c(C(=O)NCCCCc4c[nH]cn4)cccc1-3)c1ccc(C(=O)O)cc21.[Co+2].[HH]. The van der Waals surface area contributed by atoms with Gasteiger partial charge in [0, 0.05) is 64.6 Å². The minimum atomic E-state index is -1.20. The number of nitrogens with zero attached hydrogens (tertiary/aromatic N) is 9. The summed E-state index contributed by atoms with van der Waals surface area (Å²) in [7, 11) is 0. The third kappa shape index (κ3) is 6.85. The molecule has 10 rings (SSSR count). The van der Waals surface area contributed by atoms with Gasteiger partial charge in [-0.1, -0.05) is 30.3 Å². The molecule has 0 saturated heterocycles. The van der Waals surface area contributed by atoms with E-state index in [-0.39, 0.29) is 92.3 Å². The Kier molecular flexibility index (Phi) is 9.80. The van der Waals surface area contributed by atoms with Gasteiger partial charge in [-0.15, -0.1) is 0 Å². The van der Waals surface area contributed by atoms with Crippen molar-refractivity contribution in [3.8, 4) is 45.6 Å². The quantitative estimate of drug-likeness (QED) is 0.105. The predicted octanol–water partition coefficient (Wildman–Crippen LogP) is 5.94. The number of amides is 1. The van der Waals surface area contributed by atoms with Crippen LogP contribution in [0.1, 0.15) is 61.4 Å². The molecule has 4 aromatic heterocycles. The Morgan fingerprint density at radius 3 is 1.76 bits per heavy atom. The number of aromatic nitrogens is 10. The molecule has 62 heavy (non-hydrogen) atoms. The van der Waals surface area contributed by atoms with Gasteiger partial charge in [0.1, 0.15) is 0 Å². The van der Waals surface area contributed by atoms with Gasteiger partial charge in [0.25, 0.3) is 5.91 Å². The Bertz CT molecular complexity index is 3390. The number of hydrogen-bond donors (Lipinski definition) is 5. The van der Waals surface area contributed by atoms with E-state index in [4.69, 9.17) is 34.9 Å². The van der Waals surface area contributed by atoms with Crippen molar-refractivity contribution in [1.82, 2.24) is 55.2 Å². The zero-order valence-corrected chi connectivity index (χ0v) is 32.8. The summed E-state index contributed by atoms with van der Waals surface area (Å²) in [6.07, 6.45) is 5.69. The molecule has 0 saturated carbocycles. The number of fused-ring (bicyclic) bond motifs is 20. The number of carboxylic acids is 3. The smallest absolute Gasteiger partial charge is 0.478 e. The molecular weight excluding hydrogens is 841 g/mol. The van der Waals surface area contributed by atoms with Crippen LogP contribution < -0.4 is 15.3 Å². The molecule has 2 aliphatic heterocycles. The van der Waals surface area contributed by atoms with Gasteiger partial charge >= 0.3 is 34.7 Å². The molecule has 0 fully saturated rings. The van der Waals surface area contributed by atoms with Crippen LogP contribution in [-0.2, 0) is 23.2 Å². The minimum Gasteiger partial charge on any atom is -0.478 e. The minimum absolute atomic E-state index is 0. The van der Waals surface area contributed by atoms with E-state index in [1.807, 2.05) is 6.20 Å². The van der Waals surface area contributed by atoms with E-state index >= 15 is 0 Å². The molecule has 6 heterocycles. The third-order valence-corrected chi connectivity index (χ3v) is 10.4. The van der Waals surface area contributed by atoms with Crippen molar-refractivity contribution in [2.45, 2.75) is 19.3 Å². The maximum Gasteiger partial charge on any atom is 2.00 e. The van der Waals surface area contributed by atoms with Crippen molar-refractivity contribution in [1.29, 1.82) is 0 Å². The van der Waals surface area contributed by atoms with Crippen LogP contribution in [0.4, 0.5) is 0 Å². The molecule has 1 radical (unpaired) electrons.